The number of rotatable bonds is 6. The van der Waals surface area contributed by atoms with E-state index in [1.165, 1.54) is 37.9 Å². The third-order valence-corrected chi connectivity index (χ3v) is 4.69. The highest BCUT2D eigenvalue weighted by molar-refractivity contribution is 9.10. The molecule has 2 N–H and O–H groups in total. The van der Waals surface area contributed by atoms with Gasteiger partial charge in [-0.2, -0.15) is 0 Å². The molecule has 1 saturated heterocycles. The summed E-state index contributed by atoms with van der Waals surface area (Å²) in [5.41, 5.74) is 1.18. The molecule has 0 bridgehead atoms. The van der Waals surface area contributed by atoms with Gasteiger partial charge in [-0.05, 0) is 59.6 Å². The fourth-order valence-corrected chi connectivity index (χ4v) is 3.33. The van der Waals surface area contributed by atoms with Crippen molar-refractivity contribution in [3.05, 3.63) is 28.2 Å². The van der Waals surface area contributed by atoms with E-state index in [1.54, 1.807) is 14.2 Å². The first-order chi connectivity index (χ1) is 11.2. The fourth-order valence-electron chi connectivity index (χ4n) is 2.74. The van der Waals surface area contributed by atoms with E-state index in [1.807, 2.05) is 6.07 Å². The molecule has 1 heterocycles. The molecule has 1 aliphatic rings. The smallest absolute Gasteiger partial charge is 0.191 e. The normalized spacial score (nSPS) is 16.2. The molecule has 0 aromatic heterocycles. The first-order valence-electron chi connectivity index (χ1n) is 8.22. The number of nitrogens with one attached hydrogen (secondary N) is 2. The van der Waals surface area contributed by atoms with E-state index in [0.717, 1.165) is 35.8 Å². The van der Waals surface area contributed by atoms with E-state index < -0.39 is 0 Å². The average Bonchev–Trinajstić information content (AvgIpc) is 2.59. The van der Waals surface area contributed by atoms with E-state index in [2.05, 4.69) is 48.6 Å². The number of hydrogen-bond acceptors (Lipinski definition) is 3. The van der Waals surface area contributed by atoms with Crippen LogP contribution in [-0.4, -0.2) is 51.2 Å². The number of aliphatic imine (C=N–C) groups is 1. The molecule has 5 nitrogen and oxygen atoms in total. The lowest BCUT2D eigenvalue weighted by Crippen LogP contribution is -2.42. The van der Waals surface area contributed by atoms with Crippen LogP contribution in [0.5, 0.6) is 5.75 Å². The van der Waals surface area contributed by atoms with Crippen LogP contribution in [0.15, 0.2) is 27.7 Å². The number of likely N-dealkylation sites (tertiary alicyclic amines) is 1. The second-order valence-electron chi connectivity index (χ2n) is 5.72. The summed E-state index contributed by atoms with van der Waals surface area (Å²) in [5.74, 6) is 1.69. The lowest BCUT2D eigenvalue weighted by molar-refractivity contribution is 0.232. The van der Waals surface area contributed by atoms with Gasteiger partial charge in [0.15, 0.2) is 5.96 Å². The molecule has 2 rings (SSSR count). The van der Waals surface area contributed by atoms with Gasteiger partial charge in [0.25, 0.3) is 0 Å². The molecule has 6 heteroatoms. The minimum atomic E-state index is 0.728. The Morgan fingerprint density at radius 2 is 2.04 bits per heavy atom. The topological polar surface area (TPSA) is 48.9 Å². The predicted molar refractivity (Wildman–Crippen MR) is 99.2 cm³/mol. The molecular formula is C17H27BrN4O. The molecule has 0 atom stereocenters. The molecule has 0 amide bonds. The van der Waals surface area contributed by atoms with Crippen molar-refractivity contribution in [2.45, 2.75) is 25.8 Å². The quantitative estimate of drug-likeness (QED) is 0.586. The number of guanidine groups is 1. The van der Waals surface area contributed by atoms with Crippen LogP contribution in [-0.2, 0) is 6.54 Å². The fraction of sp³-hybridized carbons (Fsp3) is 0.588. The number of methoxy groups -OCH3 is 1. The van der Waals surface area contributed by atoms with Crippen molar-refractivity contribution in [1.82, 2.24) is 15.5 Å². The summed E-state index contributed by atoms with van der Waals surface area (Å²) in [6.07, 6.45) is 4.04. The summed E-state index contributed by atoms with van der Waals surface area (Å²) in [7, 11) is 3.48. The Balaban J connectivity index is 1.73. The predicted octanol–water partition coefficient (Wildman–Crippen LogP) is 2.61. The van der Waals surface area contributed by atoms with Crippen molar-refractivity contribution in [3.63, 3.8) is 0 Å². The summed E-state index contributed by atoms with van der Waals surface area (Å²) >= 11 is 3.51. The van der Waals surface area contributed by atoms with Gasteiger partial charge in [0.2, 0.25) is 0 Å². The summed E-state index contributed by atoms with van der Waals surface area (Å²) < 4.78 is 6.21. The Morgan fingerprint density at radius 3 is 2.70 bits per heavy atom. The standard InChI is InChI=1S/C17H27BrN4O/c1-19-17(20-8-11-22-9-4-3-5-10-22)21-13-14-6-7-16(23-2)15(18)12-14/h6-7,12H,3-5,8-11,13H2,1-2H3,(H2,19,20,21). The van der Waals surface area contributed by atoms with Crippen molar-refractivity contribution in [2.24, 2.45) is 4.99 Å². The van der Waals surface area contributed by atoms with Crippen molar-refractivity contribution >= 4 is 21.9 Å². The average molecular weight is 383 g/mol. The van der Waals surface area contributed by atoms with Crippen molar-refractivity contribution in [2.75, 3.05) is 40.3 Å². The SMILES string of the molecule is CN=C(NCCN1CCCCC1)NCc1ccc(OC)c(Br)c1. The third kappa shape index (κ3) is 6.03. The van der Waals surface area contributed by atoms with Crippen LogP contribution in [0.4, 0.5) is 0 Å². The van der Waals surface area contributed by atoms with E-state index in [0.29, 0.717) is 0 Å². The maximum absolute atomic E-state index is 5.25. The minimum Gasteiger partial charge on any atom is -0.496 e. The Hall–Kier alpha value is -1.27. The highest BCUT2D eigenvalue weighted by atomic mass is 79.9. The van der Waals surface area contributed by atoms with Gasteiger partial charge in [-0.1, -0.05) is 12.5 Å². The van der Waals surface area contributed by atoms with Gasteiger partial charge in [-0.3, -0.25) is 4.99 Å². The Labute approximate surface area is 147 Å². The molecule has 0 saturated carbocycles. The lowest BCUT2D eigenvalue weighted by Gasteiger charge is -2.26. The first-order valence-corrected chi connectivity index (χ1v) is 9.01. The number of nitrogens with zero attached hydrogens (tertiary/aromatic N) is 2. The summed E-state index contributed by atoms with van der Waals surface area (Å²) in [5, 5.41) is 6.73. The molecule has 0 radical (unpaired) electrons. The monoisotopic (exact) mass is 382 g/mol. The summed E-state index contributed by atoms with van der Waals surface area (Å²) in [6.45, 7) is 5.19. The second kappa shape index (κ2) is 9.78. The maximum atomic E-state index is 5.25. The Morgan fingerprint density at radius 1 is 1.26 bits per heavy atom. The van der Waals surface area contributed by atoms with Gasteiger partial charge >= 0.3 is 0 Å². The molecule has 23 heavy (non-hydrogen) atoms. The molecular weight excluding hydrogens is 356 g/mol. The molecule has 0 aliphatic carbocycles. The summed E-state index contributed by atoms with van der Waals surface area (Å²) in [4.78, 5) is 6.80. The van der Waals surface area contributed by atoms with Crippen LogP contribution >= 0.6 is 15.9 Å². The minimum absolute atomic E-state index is 0.728. The van der Waals surface area contributed by atoms with Crippen LogP contribution in [0.1, 0.15) is 24.8 Å². The highest BCUT2D eigenvalue weighted by Crippen LogP contribution is 2.25. The van der Waals surface area contributed by atoms with Crippen molar-refractivity contribution < 1.29 is 4.74 Å². The van der Waals surface area contributed by atoms with Gasteiger partial charge in [0.1, 0.15) is 5.75 Å². The molecule has 1 fully saturated rings. The van der Waals surface area contributed by atoms with Crippen LogP contribution in [0.3, 0.4) is 0 Å². The zero-order chi connectivity index (χ0) is 16.5. The van der Waals surface area contributed by atoms with Gasteiger partial charge in [-0.25, -0.2) is 0 Å². The number of ether oxygens (including phenoxy) is 1. The lowest BCUT2D eigenvalue weighted by atomic mass is 10.1. The third-order valence-electron chi connectivity index (χ3n) is 4.07. The van der Waals surface area contributed by atoms with E-state index in [-0.39, 0.29) is 0 Å². The van der Waals surface area contributed by atoms with Gasteiger partial charge < -0.3 is 20.3 Å². The van der Waals surface area contributed by atoms with Crippen LogP contribution < -0.4 is 15.4 Å². The largest absolute Gasteiger partial charge is 0.496 e. The zero-order valence-corrected chi connectivity index (χ0v) is 15.7. The number of piperidine rings is 1. The van der Waals surface area contributed by atoms with Crippen molar-refractivity contribution in [1.29, 1.82) is 0 Å². The molecule has 0 unspecified atom stereocenters. The molecule has 0 spiro atoms. The van der Waals surface area contributed by atoms with Gasteiger partial charge in [-0.15, -0.1) is 0 Å². The second-order valence-corrected chi connectivity index (χ2v) is 6.58. The van der Waals surface area contributed by atoms with E-state index in [9.17, 15) is 0 Å². The number of hydrogen-bond donors (Lipinski definition) is 2. The maximum Gasteiger partial charge on any atom is 0.191 e. The van der Waals surface area contributed by atoms with Crippen LogP contribution in [0.2, 0.25) is 0 Å². The molecule has 128 valence electrons. The van der Waals surface area contributed by atoms with E-state index in [4.69, 9.17) is 4.74 Å². The zero-order valence-electron chi connectivity index (χ0n) is 14.1. The molecule has 1 aliphatic heterocycles. The highest BCUT2D eigenvalue weighted by Gasteiger charge is 2.09. The van der Waals surface area contributed by atoms with E-state index >= 15 is 0 Å². The number of benzene rings is 1. The molecule has 1 aromatic rings. The van der Waals surface area contributed by atoms with Gasteiger partial charge in [0, 0.05) is 26.7 Å². The summed E-state index contributed by atoms with van der Waals surface area (Å²) in [6, 6.07) is 6.08. The van der Waals surface area contributed by atoms with Crippen LogP contribution in [0.25, 0.3) is 0 Å². The van der Waals surface area contributed by atoms with Crippen molar-refractivity contribution in [3.8, 4) is 5.75 Å². The molecule has 1 aromatic carbocycles. The van der Waals surface area contributed by atoms with Gasteiger partial charge in [0.05, 0.1) is 11.6 Å². The Bertz CT molecular complexity index is 515. The first kappa shape index (κ1) is 18.1. The van der Waals surface area contributed by atoms with Crippen LogP contribution in [0, 0.1) is 0 Å². The Kier molecular flexibility index (Phi) is 7.68. The number of halogens is 1.